The maximum absolute atomic E-state index is 12.2. The van der Waals surface area contributed by atoms with Crippen LogP contribution in [0.2, 0.25) is 0 Å². The average molecular weight is 346 g/mol. The van der Waals surface area contributed by atoms with Crippen molar-refractivity contribution in [1.29, 1.82) is 0 Å². The Balaban J connectivity index is 2.05. The summed E-state index contributed by atoms with van der Waals surface area (Å²) in [6.07, 6.45) is 1.16. The summed E-state index contributed by atoms with van der Waals surface area (Å²) in [5.41, 5.74) is 2.11. The second-order valence-corrected chi connectivity index (χ2v) is 7.52. The number of carbonyl (C=O) groups is 2. The van der Waals surface area contributed by atoms with E-state index in [1.165, 1.54) is 0 Å². The summed E-state index contributed by atoms with van der Waals surface area (Å²) < 4.78 is 22.5. The van der Waals surface area contributed by atoms with Gasteiger partial charge in [-0.3, -0.25) is 9.59 Å². The SMILES string of the molecule is CNC(=O)c1ccc(NC(=O)c2ccc(CS(C)(=O)=O)cc2)cc1. The topological polar surface area (TPSA) is 92.3 Å². The number of sulfone groups is 1. The van der Waals surface area contributed by atoms with E-state index in [1.54, 1.807) is 55.6 Å². The fraction of sp³-hybridized carbons (Fsp3) is 0.176. The number of benzene rings is 2. The highest BCUT2D eigenvalue weighted by Crippen LogP contribution is 2.13. The smallest absolute Gasteiger partial charge is 0.255 e. The molecular weight excluding hydrogens is 328 g/mol. The first-order valence-electron chi connectivity index (χ1n) is 7.18. The quantitative estimate of drug-likeness (QED) is 0.864. The van der Waals surface area contributed by atoms with Gasteiger partial charge in [0.25, 0.3) is 11.8 Å². The van der Waals surface area contributed by atoms with Crippen LogP contribution in [-0.2, 0) is 15.6 Å². The summed E-state index contributed by atoms with van der Waals surface area (Å²) in [5, 5.41) is 5.24. The summed E-state index contributed by atoms with van der Waals surface area (Å²) in [5.74, 6) is -0.571. The molecule has 0 saturated heterocycles. The highest BCUT2D eigenvalue weighted by molar-refractivity contribution is 7.89. The van der Waals surface area contributed by atoms with E-state index in [4.69, 9.17) is 0 Å². The normalized spacial score (nSPS) is 10.9. The molecule has 0 fully saturated rings. The van der Waals surface area contributed by atoms with E-state index in [0.717, 1.165) is 6.26 Å². The van der Waals surface area contributed by atoms with Gasteiger partial charge in [0.05, 0.1) is 5.75 Å². The van der Waals surface area contributed by atoms with Gasteiger partial charge in [0, 0.05) is 30.1 Å². The molecule has 0 aromatic heterocycles. The molecule has 0 aliphatic carbocycles. The Hall–Kier alpha value is -2.67. The van der Waals surface area contributed by atoms with Crippen molar-refractivity contribution in [3.8, 4) is 0 Å². The van der Waals surface area contributed by atoms with Crippen molar-refractivity contribution in [3.63, 3.8) is 0 Å². The van der Waals surface area contributed by atoms with Gasteiger partial charge < -0.3 is 10.6 Å². The molecule has 2 rings (SSSR count). The lowest BCUT2D eigenvalue weighted by Gasteiger charge is -2.07. The zero-order valence-corrected chi connectivity index (χ0v) is 14.2. The van der Waals surface area contributed by atoms with Crippen molar-refractivity contribution in [2.24, 2.45) is 0 Å². The molecule has 2 aromatic rings. The molecule has 0 radical (unpaired) electrons. The van der Waals surface area contributed by atoms with Gasteiger partial charge in [0.1, 0.15) is 0 Å². The third-order valence-corrected chi connectivity index (χ3v) is 4.13. The van der Waals surface area contributed by atoms with Crippen LogP contribution < -0.4 is 10.6 Å². The van der Waals surface area contributed by atoms with E-state index in [0.29, 0.717) is 22.4 Å². The molecule has 0 atom stereocenters. The number of hydrogen-bond acceptors (Lipinski definition) is 4. The molecule has 0 unspecified atom stereocenters. The van der Waals surface area contributed by atoms with Crippen LogP contribution in [0.1, 0.15) is 26.3 Å². The Kier molecular flexibility index (Phi) is 5.35. The lowest BCUT2D eigenvalue weighted by molar-refractivity contribution is 0.0962. The fourth-order valence-electron chi connectivity index (χ4n) is 2.11. The third-order valence-electron chi connectivity index (χ3n) is 3.28. The third kappa shape index (κ3) is 4.92. The predicted octanol–water partition coefficient (Wildman–Crippen LogP) is 1.84. The fourth-order valence-corrected chi connectivity index (χ4v) is 2.91. The molecule has 6 nitrogen and oxygen atoms in total. The Labute approximate surface area is 140 Å². The number of carbonyl (C=O) groups excluding carboxylic acids is 2. The van der Waals surface area contributed by atoms with Crippen LogP contribution in [0.25, 0.3) is 0 Å². The highest BCUT2D eigenvalue weighted by Gasteiger charge is 2.09. The Bertz CT molecular complexity index is 841. The van der Waals surface area contributed by atoms with E-state index in [2.05, 4.69) is 10.6 Å². The minimum absolute atomic E-state index is 0.0597. The van der Waals surface area contributed by atoms with Crippen LogP contribution in [0.5, 0.6) is 0 Å². The summed E-state index contributed by atoms with van der Waals surface area (Å²) in [6, 6.07) is 12.9. The first-order valence-corrected chi connectivity index (χ1v) is 9.25. The number of nitrogens with one attached hydrogen (secondary N) is 2. The Morgan fingerprint density at radius 3 is 1.88 bits per heavy atom. The van der Waals surface area contributed by atoms with Crippen LogP contribution in [-0.4, -0.2) is 33.5 Å². The van der Waals surface area contributed by atoms with E-state index < -0.39 is 9.84 Å². The lowest BCUT2D eigenvalue weighted by Crippen LogP contribution is -2.17. The summed E-state index contributed by atoms with van der Waals surface area (Å²) in [6.45, 7) is 0. The van der Waals surface area contributed by atoms with Gasteiger partial charge in [0.15, 0.2) is 9.84 Å². The van der Waals surface area contributed by atoms with Gasteiger partial charge in [-0.25, -0.2) is 8.42 Å². The van der Waals surface area contributed by atoms with Crippen molar-refractivity contribution in [2.75, 3.05) is 18.6 Å². The predicted molar refractivity (Wildman–Crippen MR) is 92.8 cm³/mol. The van der Waals surface area contributed by atoms with Crippen LogP contribution in [0.4, 0.5) is 5.69 Å². The van der Waals surface area contributed by atoms with E-state index >= 15 is 0 Å². The molecule has 126 valence electrons. The first-order chi connectivity index (χ1) is 11.3. The number of rotatable bonds is 5. The van der Waals surface area contributed by atoms with Crippen molar-refractivity contribution in [2.45, 2.75) is 5.75 Å². The minimum Gasteiger partial charge on any atom is -0.355 e. The number of anilines is 1. The molecular formula is C17H18N2O4S. The zero-order valence-electron chi connectivity index (χ0n) is 13.4. The summed E-state index contributed by atoms with van der Waals surface area (Å²) >= 11 is 0. The molecule has 0 saturated carbocycles. The van der Waals surface area contributed by atoms with Gasteiger partial charge in [-0.1, -0.05) is 12.1 Å². The van der Waals surface area contributed by atoms with Gasteiger partial charge in [-0.2, -0.15) is 0 Å². The zero-order chi connectivity index (χ0) is 17.7. The number of amides is 2. The van der Waals surface area contributed by atoms with Crippen molar-refractivity contribution in [3.05, 3.63) is 65.2 Å². The van der Waals surface area contributed by atoms with Crippen LogP contribution >= 0.6 is 0 Å². The van der Waals surface area contributed by atoms with Gasteiger partial charge in [-0.05, 0) is 42.0 Å². The van der Waals surface area contributed by atoms with E-state index in [-0.39, 0.29) is 17.6 Å². The molecule has 0 bridgehead atoms. The highest BCUT2D eigenvalue weighted by atomic mass is 32.2. The minimum atomic E-state index is -3.11. The van der Waals surface area contributed by atoms with E-state index in [9.17, 15) is 18.0 Å². The van der Waals surface area contributed by atoms with Crippen LogP contribution in [0.3, 0.4) is 0 Å². The summed E-state index contributed by atoms with van der Waals surface area (Å²) in [7, 11) is -1.56. The Morgan fingerprint density at radius 1 is 0.875 bits per heavy atom. The second-order valence-electron chi connectivity index (χ2n) is 5.38. The average Bonchev–Trinajstić information content (AvgIpc) is 2.54. The largest absolute Gasteiger partial charge is 0.355 e. The molecule has 7 heteroatoms. The van der Waals surface area contributed by atoms with Crippen molar-refractivity contribution in [1.82, 2.24) is 5.32 Å². The molecule has 24 heavy (non-hydrogen) atoms. The standard InChI is InChI=1S/C17H18N2O4S/c1-18-16(20)13-7-9-15(10-8-13)19-17(21)14-5-3-12(4-6-14)11-24(2,22)23/h3-10H,11H2,1-2H3,(H,18,20)(H,19,21). The van der Waals surface area contributed by atoms with Crippen molar-refractivity contribution < 1.29 is 18.0 Å². The second kappa shape index (κ2) is 7.27. The molecule has 0 heterocycles. The van der Waals surface area contributed by atoms with Gasteiger partial charge >= 0.3 is 0 Å². The van der Waals surface area contributed by atoms with Crippen LogP contribution in [0.15, 0.2) is 48.5 Å². The first kappa shape index (κ1) is 17.7. The lowest BCUT2D eigenvalue weighted by atomic mass is 10.1. The molecule has 2 amide bonds. The summed E-state index contributed by atoms with van der Waals surface area (Å²) in [4.78, 5) is 23.6. The van der Waals surface area contributed by atoms with Gasteiger partial charge in [0.2, 0.25) is 0 Å². The maximum Gasteiger partial charge on any atom is 0.255 e. The monoisotopic (exact) mass is 346 g/mol. The molecule has 2 N–H and O–H groups in total. The van der Waals surface area contributed by atoms with Gasteiger partial charge in [-0.15, -0.1) is 0 Å². The van der Waals surface area contributed by atoms with E-state index in [1.807, 2.05) is 0 Å². The maximum atomic E-state index is 12.2. The molecule has 0 aliphatic heterocycles. The number of hydrogen-bond donors (Lipinski definition) is 2. The van der Waals surface area contributed by atoms with Crippen LogP contribution in [0, 0.1) is 0 Å². The molecule has 0 aliphatic rings. The Morgan fingerprint density at radius 2 is 1.38 bits per heavy atom. The molecule has 2 aromatic carbocycles. The molecule has 0 spiro atoms. The van der Waals surface area contributed by atoms with Crippen molar-refractivity contribution >= 4 is 27.3 Å².